The molecule has 0 radical (unpaired) electrons. The fourth-order valence-electron chi connectivity index (χ4n) is 3.14. The predicted molar refractivity (Wildman–Crippen MR) is 109 cm³/mol. The van der Waals surface area contributed by atoms with Crippen LogP contribution in [0.3, 0.4) is 0 Å². The SMILES string of the molecule is CCOc1ccc(Br)cc1S(=O)(=O)Nc1ccccc1N1CCCCC1. The number of piperidine rings is 1. The van der Waals surface area contributed by atoms with Crippen LogP contribution in [0.15, 0.2) is 51.8 Å². The molecule has 0 bridgehead atoms. The molecule has 0 aromatic heterocycles. The predicted octanol–water partition coefficient (Wildman–Crippen LogP) is 4.64. The Labute approximate surface area is 163 Å². The third-order valence-corrected chi connectivity index (χ3v) is 6.22. The molecule has 140 valence electrons. The maximum atomic E-state index is 13.1. The zero-order valence-corrected chi connectivity index (χ0v) is 17.1. The van der Waals surface area contributed by atoms with Crippen LogP contribution in [0.1, 0.15) is 26.2 Å². The topological polar surface area (TPSA) is 58.6 Å². The molecule has 1 heterocycles. The summed E-state index contributed by atoms with van der Waals surface area (Å²) >= 11 is 3.35. The van der Waals surface area contributed by atoms with Gasteiger partial charge in [-0.2, -0.15) is 0 Å². The van der Waals surface area contributed by atoms with Gasteiger partial charge in [-0.05, 0) is 56.5 Å². The third kappa shape index (κ3) is 4.32. The zero-order valence-electron chi connectivity index (χ0n) is 14.7. The van der Waals surface area contributed by atoms with Crippen LogP contribution in [0.2, 0.25) is 0 Å². The molecule has 1 saturated heterocycles. The van der Waals surface area contributed by atoms with Gasteiger partial charge in [0, 0.05) is 17.6 Å². The second-order valence-electron chi connectivity index (χ2n) is 6.19. The van der Waals surface area contributed by atoms with Crippen molar-refractivity contribution in [2.45, 2.75) is 31.1 Å². The minimum Gasteiger partial charge on any atom is -0.492 e. The Balaban J connectivity index is 1.95. The highest BCUT2D eigenvalue weighted by molar-refractivity contribution is 9.10. The number of anilines is 2. The van der Waals surface area contributed by atoms with Gasteiger partial charge in [-0.25, -0.2) is 8.42 Å². The zero-order chi connectivity index (χ0) is 18.6. The van der Waals surface area contributed by atoms with Crippen molar-refractivity contribution in [3.63, 3.8) is 0 Å². The molecule has 0 atom stereocenters. The molecule has 0 amide bonds. The molecule has 0 spiro atoms. The van der Waals surface area contributed by atoms with Crippen LogP contribution >= 0.6 is 15.9 Å². The van der Waals surface area contributed by atoms with E-state index in [1.165, 1.54) is 6.42 Å². The molecule has 1 fully saturated rings. The lowest BCUT2D eigenvalue weighted by Gasteiger charge is -2.30. The number of benzene rings is 2. The average molecular weight is 439 g/mol. The van der Waals surface area contributed by atoms with Gasteiger partial charge < -0.3 is 9.64 Å². The van der Waals surface area contributed by atoms with Gasteiger partial charge in [-0.15, -0.1) is 0 Å². The molecule has 0 saturated carbocycles. The van der Waals surface area contributed by atoms with Crippen LogP contribution in [0, 0.1) is 0 Å². The van der Waals surface area contributed by atoms with E-state index in [2.05, 4.69) is 25.6 Å². The molecule has 1 N–H and O–H groups in total. The Morgan fingerprint density at radius 1 is 1.12 bits per heavy atom. The van der Waals surface area contributed by atoms with E-state index < -0.39 is 10.0 Å². The van der Waals surface area contributed by atoms with E-state index >= 15 is 0 Å². The quantitative estimate of drug-likeness (QED) is 0.713. The molecule has 2 aromatic rings. The van der Waals surface area contributed by atoms with Crippen molar-refractivity contribution in [1.82, 2.24) is 0 Å². The van der Waals surface area contributed by atoms with E-state index in [0.29, 0.717) is 22.5 Å². The number of halogens is 1. The Kier molecular flexibility index (Phi) is 6.09. The van der Waals surface area contributed by atoms with Gasteiger partial charge in [-0.3, -0.25) is 4.72 Å². The van der Waals surface area contributed by atoms with Crippen molar-refractivity contribution in [3.05, 3.63) is 46.9 Å². The number of ether oxygens (including phenoxy) is 1. The van der Waals surface area contributed by atoms with Crippen LogP contribution in [0.5, 0.6) is 5.75 Å². The van der Waals surface area contributed by atoms with Crippen LogP contribution < -0.4 is 14.4 Å². The van der Waals surface area contributed by atoms with Gasteiger partial charge in [0.05, 0.1) is 18.0 Å². The Morgan fingerprint density at radius 2 is 1.85 bits per heavy atom. The number of nitrogens with zero attached hydrogens (tertiary/aromatic N) is 1. The lowest BCUT2D eigenvalue weighted by atomic mass is 10.1. The van der Waals surface area contributed by atoms with Gasteiger partial charge in [0.2, 0.25) is 0 Å². The monoisotopic (exact) mass is 438 g/mol. The second kappa shape index (κ2) is 8.31. The average Bonchev–Trinajstić information content (AvgIpc) is 2.64. The van der Waals surface area contributed by atoms with Crippen molar-refractivity contribution in [1.29, 1.82) is 0 Å². The van der Waals surface area contributed by atoms with E-state index in [9.17, 15) is 8.42 Å². The maximum absolute atomic E-state index is 13.1. The molecular formula is C19H23BrN2O3S. The summed E-state index contributed by atoms with van der Waals surface area (Å²) in [5, 5.41) is 0. The van der Waals surface area contributed by atoms with E-state index in [1.54, 1.807) is 24.3 Å². The Hall–Kier alpha value is -1.73. The normalized spacial score (nSPS) is 14.9. The largest absolute Gasteiger partial charge is 0.492 e. The van der Waals surface area contributed by atoms with E-state index in [1.807, 2.05) is 25.1 Å². The highest BCUT2D eigenvalue weighted by Gasteiger charge is 2.23. The summed E-state index contributed by atoms with van der Waals surface area (Å²) in [5.74, 6) is 0.346. The molecular weight excluding hydrogens is 416 g/mol. The fraction of sp³-hybridized carbons (Fsp3) is 0.368. The third-order valence-electron chi connectivity index (χ3n) is 4.34. The summed E-state index contributed by atoms with van der Waals surface area (Å²) in [6, 6.07) is 12.6. The molecule has 3 rings (SSSR count). The van der Waals surface area contributed by atoms with Crippen LogP contribution in [0.4, 0.5) is 11.4 Å². The minimum absolute atomic E-state index is 0.127. The van der Waals surface area contributed by atoms with E-state index in [-0.39, 0.29) is 4.90 Å². The number of nitrogens with one attached hydrogen (secondary N) is 1. The smallest absolute Gasteiger partial charge is 0.265 e. The summed E-state index contributed by atoms with van der Waals surface area (Å²) in [4.78, 5) is 2.37. The van der Waals surface area contributed by atoms with E-state index in [0.717, 1.165) is 31.6 Å². The number of hydrogen-bond acceptors (Lipinski definition) is 4. The molecule has 0 aliphatic carbocycles. The Morgan fingerprint density at radius 3 is 2.58 bits per heavy atom. The summed E-state index contributed by atoms with van der Waals surface area (Å²) < 4.78 is 35.1. The highest BCUT2D eigenvalue weighted by Crippen LogP contribution is 2.33. The van der Waals surface area contributed by atoms with Crippen LogP contribution in [0.25, 0.3) is 0 Å². The summed E-state index contributed by atoms with van der Waals surface area (Å²) in [5.41, 5.74) is 1.51. The minimum atomic E-state index is -3.78. The van der Waals surface area contributed by atoms with Crippen molar-refractivity contribution < 1.29 is 13.2 Å². The standard InChI is InChI=1S/C19H23BrN2O3S/c1-2-25-18-11-10-15(20)14-19(18)26(23,24)21-16-8-4-5-9-17(16)22-12-6-3-7-13-22/h4-5,8-11,14,21H,2-3,6-7,12-13H2,1H3. The fourth-order valence-corrected chi connectivity index (χ4v) is 4.90. The van der Waals surface area contributed by atoms with E-state index in [4.69, 9.17) is 4.74 Å². The molecule has 1 aliphatic rings. The second-order valence-corrected chi connectivity index (χ2v) is 8.76. The van der Waals surface area contributed by atoms with Gasteiger partial charge in [-0.1, -0.05) is 28.1 Å². The van der Waals surface area contributed by atoms with Crippen LogP contribution in [-0.2, 0) is 10.0 Å². The molecule has 1 aliphatic heterocycles. The van der Waals surface area contributed by atoms with Gasteiger partial charge in [0.1, 0.15) is 10.6 Å². The summed E-state index contributed by atoms with van der Waals surface area (Å²) in [7, 11) is -3.78. The molecule has 26 heavy (non-hydrogen) atoms. The maximum Gasteiger partial charge on any atom is 0.265 e. The van der Waals surface area contributed by atoms with Crippen molar-refractivity contribution in [2.24, 2.45) is 0 Å². The molecule has 2 aromatic carbocycles. The first-order valence-electron chi connectivity index (χ1n) is 8.80. The number of sulfonamides is 1. The first kappa shape index (κ1) is 19.0. The van der Waals surface area contributed by atoms with Crippen molar-refractivity contribution >= 4 is 37.3 Å². The molecule has 7 heteroatoms. The lowest BCUT2D eigenvalue weighted by Crippen LogP contribution is -2.30. The van der Waals surface area contributed by atoms with Crippen molar-refractivity contribution in [2.75, 3.05) is 29.3 Å². The number of hydrogen-bond donors (Lipinski definition) is 1. The summed E-state index contributed by atoms with van der Waals surface area (Å²) in [6.45, 7) is 4.12. The van der Waals surface area contributed by atoms with Gasteiger partial charge >= 0.3 is 0 Å². The molecule has 5 nitrogen and oxygen atoms in total. The lowest BCUT2D eigenvalue weighted by molar-refractivity contribution is 0.331. The molecule has 0 unspecified atom stereocenters. The van der Waals surface area contributed by atoms with Crippen molar-refractivity contribution in [3.8, 4) is 5.75 Å². The van der Waals surface area contributed by atoms with Crippen LogP contribution in [-0.4, -0.2) is 28.1 Å². The number of para-hydroxylation sites is 2. The highest BCUT2D eigenvalue weighted by atomic mass is 79.9. The summed E-state index contributed by atoms with van der Waals surface area (Å²) in [6.07, 6.45) is 3.47. The van der Waals surface area contributed by atoms with Gasteiger partial charge in [0.25, 0.3) is 10.0 Å². The van der Waals surface area contributed by atoms with Gasteiger partial charge in [0.15, 0.2) is 0 Å². The number of rotatable bonds is 6. The first-order valence-corrected chi connectivity index (χ1v) is 11.1. The first-order chi connectivity index (χ1) is 12.5. The Bertz CT molecular complexity index is 865.